The fourth-order valence-corrected chi connectivity index (χ4v) is 6.44. The summed E-state index contributed by atoms with van der Waals surface area (Å²) in [7, 11) is 0. The van der Waals surface area contributed by atoms with E-state index in [1.54, 1.807) is 0 Å². The Balaban J connectivity index is 1.56. The van der Waals surface area contributed by atoms with Crippen molar-refractivity contribution in [1.29, 1.82) is 0 Å². The highest BCUT2D eigenvalue weighted by Crippen LogP contribution is 2.57. The molecule has 0 amide bonds. The molecule has 0 spiro atoms. The number of benzene rings is 1. The van der Waals surface area contributed by atoms with Crippen molar-refractivity contribution in [2.24, 2.45) is 5.92 Å². The van der Waals surface area contributed by atoms with Crippen LogP contribution in [-0.4, -0.2) is 72.0 Å². The third kappa shape index (κ3) is 2.38. The molecule has 0 unspecified atom stereocenters. The SMILES string of the molecule is c1ccc2c(c1)nc1n2[C@@]2(N3CCOCC3)CCCC[C@@H]2[C@@H]1N1CCOCC1. The lowest BCUT2D eigenvalue weighted by molar-refractivity contribution is -0.112. The monoisotopic (exact) mass is 382 g/mol. The summed E-state index contributed by atoms with van der Waals surface area (Å²) < 4.78 is 14.1. The zero-order valence-corrected chi connectivity index (χ0v) is 16.6. The molecule has 6 heteroatoms. The number of hydrogen-bond donors (Lipinski definition) is 0. The van der Waals surface area contributed by atoms with Crippen LogP contribution in [0.3, 0.4) is 0 Å². The first-order valence-corrected chi connectivity index (χ1v) is 11.0. The Morgan fingerprint density at radius 3 is 2.50 bits per heavy atom. The van der Waals surface area contributed by atoms with Crippen molar-refractivity contribution in [3.63, 3.8) is 0 Å². The van der Waals surface area contributed by atoms with Crippen molar-refractivity contribution >= 4 is 11.0 Å². The summed E-state index contributed by atoms with van der Waals surface area (Å²) in [6, 6.07) is 9.15. The first-order chi connectivity index (χ1) is 13.9. The van der Waals surface area contributed by atoms with Crippen LogP contribution in [0.1, 0.15) is 37.5 Å². The van der Waals surface area contributed by atoms with Crippen LogP contribution >= 0.6 is 0 Å². The van der Waals surface area contributed by atoms with E-state index < -0.39 is 0 Å². The molecule has 1 aromatic heterocycles. The second kappa shape index (κ2) is 6.80. The molecule has 2 saturated heterocycles. The highest BCUT2D eigenvalue weighted by molar-refractivity contribution is 5.77. The van der Waals surface area contributed by atoms with Gasteiger partial charge in [-0.05, 0) is 31.4 Å². The zero-order chi connectivity index (χ0) is 18.6. The summed E-state index contributed by atoms with van der Waals surface area (Å²) in [6.07, 6.45) is 5.15. The Morgan fingerprint density at radius 1 is 0.929 bits per heavy atom. The normalized spacial score (nSPS) is 34.4. The molecule has 150 valence electrons. The molecule has 4 heterocycles. The van der Waals surface area contributed by atoms with Gasteiger partial charge in [0.15, 0.2) is 0 Å². The summed E-state index contributed by atoms with van der Waals surface area (Å²) in [4.78, 5) is 10.7. The number of fused-ring (bicyclic) bond motifs is 5. The lowest BCUT2D eigenvalue weighted by Crippen LogP contribution is -2.59. The van der Waals surface area contributed by atoms with Crippen molar-refractivity contribution in [3.05, 3.63) is 30.1 Å². The first kappa shape index (κ1) is 17.4. The van der Waals surface area contributed by atoms with E-state index in [1.165, 1.54) is 37.0 Å². The quantitative estimate of drug-likeness (QED) is 0.799. The third-order valence-electron chi connectivity index (χ3n) is 7.52. The standard InChI is InChI=1S/C22H30N4O2/c1-2-7-19-18(6-1)23-21-20(24-9-13-27-14-10-24)17-5-3-4-8-22(17,26(19)21)25-11-15-28-16-12-25/h1-2,6-7,17,20H,3-5,8-16H2/t17-,20+,22+/m1/s1. The maximum absolute atomic E-state index is 5.74. The predicted octanol–water partition coefficient (Wildman–Crippen LogP) is 2.60. The van der Waals surface area contributed by atoms with E-state index in [0.717, 1.165) is 58.1 Å². The molecule has 3 aliphatic heterocycles. The molecular formula is C22H30N4O2. The third-order valence-corrected chi connectivity index (χ3v) is 7.52. The smallest absolute Gasteiger partial charge is 0.129 e. The molecule has 3 atom stereocenters. The maximum Gasteiger partial charge on any atom is 0.129 e. The molecule has 6 rings (SSSR count). The minimum absolute atomic E-state index is 0.0520. The topological polar surface area (TPSA) is 42.8 Å². The van der Waals surface area contributed by atoms with E-state index >= 15 is 0 Å². The summed E-state index contributed by atoms with van der Waals surface area (Å²) in [6.45, 7) is 7.46. The van der Waals surface area contributed by atoms with E-state index in [2.05, 4.69) is 38.6 Å². The van der Waals surface area contributed by atoms with E-state index in [0.29, 0.717) is 12.0 Å². The highest BCUT2D eigenvalue weighted by Gasteiger charge is 2.59. The van der Waals surface area contributed by atoms with Gasteiger partial charge in [0, 0.05) is 32.1 Å². The average Bonchev–Trinajstić information content (AvgIpc) is 3.28. The molecule has 4 aliphatic rings. The Kier molecular flexibility index (Phi) is 4.22. The van der Waals surface area contributed by atoms with Crippen LogP contribution in [-0.2, 0) is 15.1 Å². The lowest BCUT2D eigenvalue weighted by Gasteiger charge is -2.52. The molecule has 1 saturated carbocycles. The van der Waals surface area contributed by atoms with E-state index in [9.17, 15) is 0 Å². The van der Waals surface area contributed by atoms with Gasteiger partial charge < -0.3 is 14.0 Å². The molecule has 1 aromatic carbocycles. The number of morpholine rings is 2. The molecule has 0 bridgehead atoms. The van der Waals surface area contributed by atoms with Crippen LogP contribution in [0.25, 0.3) is 11.0 Å². The van der Waals surface area contributed by atoms with Crippen molar-refractivity contribution in [2.75, 3.05) is 52.6 Å². The van der Waals surface area contributed by atoms with Crippen LogP contribution in [0.4, 0.5) is 0 Å². The Bertz CT molecular complexity index is 855. The van der Waals surface area contributed by atoms with Gasteiger partial charge in [0.1, 0.15) is 11.5 Å². The fourth-order valence-electron chi connectivity index (χ4n) is 6.44. The van der Waals surface area contributed by atoms with Crippen LogP contribution in [0.2, 0.25) is 0 Å². The number of nitrogens with zero attached hydrogens (tertiary/aromatic N) is 4. The number of para-hydroxylation sites is 2. The predicted molar refractivity (Wildman–Crippen MR) is 107 cm³/mol. The van der Waals surface area contributed by atoms with Crippen molar-refractivity contribution in [1.82, 2.24) is 19.4 Å². The number of hydrogen-bond acceptors (Lipinski definition) is 5. The van der Waals surface area contributed by atoms with Crippen molar-refractivity contribution in [2.45, 2.75) is 37.4 Å². The van der Waals surface area contributed by atoms with Crippen LogP contribution < -0.4 is 0 Å². The van der Waals surface area contributed by atoms with Crippen molar-refractivity contribution in [3.8, 4) is 0 Å². The van der Waals surface area contributed by atoms with Gasteiger partial charge in [-0.3, -0.25) is 9.80 Å². The summed E-state index contributed by atoms with van der Waals surface area (Å²) in [5.41, 5.74) is 2.51. The number of aromatic nitrogens is 2. The molecule has 0 radical (unpaired) electrons. The van der Waals surface area contributed by atoms with Gasteiger partial charge in [-0.25, -0.2) is 4.98 Å². The summed E-state index contributed by atoms with van der Waals surface area (Å²) in [5.74, 6) is 1.89. The molecule has 3 fully saturated rings. The van der Waals surface area contributed by atoms with Gasteiger partial charge in [-0.1, -0.05) is 18.6 Å². The Hall–Kier alpha value is -1.47. The number of imidazole rings is 1. The lowest BCUT2D eigenvalue weighted by atomic mass is 9.75. The van der Waals surface area contributed by atoms with Gasteiger partial charge in [-0.2, -0.15) is 0 Å². The van der Waals surface area contributed by atoms with Crippen LogP contribution in [0.15, 0.2) is 24.3 Å². The van der Waals surface area contributed by atoms with E-state index in [-0.39, 0.29) is 5.66 Å². The molecule has 0 N–H and O–H groups in total. The second-order valence-electron chi connectivity index (χ2n) is 8.72. The molecular weight excluding hydrogens is 352 g/mol. The minimum Gasteiger partial charge on any atom is -0.379 e. The average molecular weight is 383 g/mol. The molecule has 2 aromatic rings. The fraction of sp³-hybridized carbons (Fsp3) is 0.682. The van der Waals surface area contributed by atoms with Crippen LogP contribution in [0.5, 0.6) is 0 Å². The summed E-state index contributed by atoms with van der Waals surface area (Å²) >= 11 is 0. The van der Waals surface area contributed by atoms with Crippen molar-refractivity contribution < 1.29 is 9.47 Å². The van der Waals surface area contributed by atoms with Gasteiger partial charge in [-0.15, -0.1) is 0 Å². The first-order valence-electron chi connectivity index (χ1n) is 11.0. The zero-order valence-electron chi connectivity index (χ0n) is 16.6. The maximum atomic E-state index is 5.74. The largest absolute Gasteiger partial charge is 0.379 e. The highest BCUT2D eigenvalue weighted by atomic mass is 16.5. The summed E-state index contributed by atoms with van der Waals surface area (Å²) in [5, 5.41) is 0. The Morgan fingerprint density at radius 2 is 1.68 bits per heavy atom. The van der Waals surface area contributed by atoms with Gasteiger partial charge in [0.05, 0.1) is 43.5 Å². The minimum atomic E-state index is 0.0520. The second-order valence-corrected chi connectivity index (χ2v) is 8.72. The number of ether oxygens (including phenoxy) is 2. The van der Waals surface area contributed by atoms with Crippen LogP contribution in [0, 0.1) is 5.92 Å². The van der Waals surface area contributed by atoms with E-state index in [1.807, 2.05) is 0 Å². The molecule has 6 nitrogen and oxygen atoms in total. The molecule has 28 heavy (non-hydrogen) atoms. The van der Waals surface area contributed by atoms with Gasteiger partial charge in [0.2, 0.25) is 0 Å². The Labute approximate surface area is 166 Å². The molecule has 1 aliphatic carbocycles. The van der Waals surface area contributed by atoms with Gasteiger partial charge >= 0.3 is 0 Å². The van der Waals surface area contributed by atoms with Gasteiger partial charge in [0.25, 0.3) is 0 Å². The van der Waals surface area contributed by atoms with E-state index in [4.69, 9.17) is 14.5 Å². The number of rotatable bonds is 2.